The van der Waals surface area contributed by atoms with Crippen LogP contribution in [-0.4, -0.2) is 29.3 Å². The molecule has 122 valence electrons. The van der Waals surface area contributed by atoms with Gasteiger partial charge in [0.25, 0.3) is 0 Å². The molecule has 0 bridgehead atoms. The van der Waals surface area contributed by atoms with Gasteiger partial charge in [-0.25, -0.2) is 0 Å². The van der Waals surface area contributed by atoms with Crippen molar-refractivity contribution in [3.8, 4) is 0 Å². The molecule has 0 spiro atoms. The van der Waals surface area contributed by atoms with Crippen LogP contribution in [0.25, 0.3) is 0 Å². The molecule has 0 unspecified atom stereocenters. The molecular formula is C18H28N2O2. The van der Waals surface area contributed by atoms with Crippen molar-refractivity contribution in [3.63, 3.8) is 0 Å². The lowest BCUT2D eigenvalue weighted by molar-refractivity contribution is -0.141. The molecule has 4 nitrogen and oxygen atoms in total. The van der Waals surface area contributed by atoms with Gasteiger partial charge in [0, 0.05) is 19.5 Å². The molecule has 0 heterocycles. The largest absolute Gasteiger partial charge is 0.354 e. The number of nitrogens with one attached hydrogen (secondary N) is 1. The van der Waals surface area contributed by atoms with E-state index in [4.69, 9.17) is 0 Å². The van der Waals surface area contributed by atoms with Crippen molar-refractivity contribution >= 4 is 11.8 Å². The monoisotopic (exact) mass is 304 g/mol. The van der Waals surface area contributed by atoms with Crippen molar-refractivity contribution in [2.24, 2.45) is 5.92 Å². The standard InChI is InChI=1S/C18H28N2O2/c1-5-16(18(22)19-12-14(3)4)20(17(21)6-2)13-15-10-8-7-9-11-15/h7-11,14,16H,5-6,12-13H2,1-4H3,(H,19,22)/t16-/m0/s1. The molecule has 0 aliphatic rings. The minimum Gasteiger partial charge on any atom is -0.354 e. The van der Waals surface area contributed by atoms with Gasteiger partial charge in [-0.15, -0.1) is 0 Å². The molecule has 1 aromatic rings. The molecule has 1 rings (SSSR count). The summed E-state index contributed by atoms with van der Waals surface area (Å²) in [5.74, 6) is 0.343. The van der Waals surface area contributed by atoms with E-state index in [0.29, 0.717) is 31.8 Å². The van der Waals surface area contributed by atoms with Crippen LogP contribution in [0, 0.1) is 5.92 Å². The lowest BCUT2D eigenvalue weighted by atomic mass is 10.1. The number of hydrogen-bond donors (Lipinski definition) is 1. The maximum Gasteiger partial charge on any atom is 0.242 e. The maximum atomic E-state index is 12.4. The summed E-state index contributed by atoms with van der Waals surface area (Å²) in [4.78, 5) is 26.4. The Labute approximate surface area is 133 Å². The number of nitrogens with zero attached hydrogens (tertiary/aromatic N) is 1. The zero-order valence-electron chi connectivity index (χ0n) is 14.1. The normalized spacial score (nSPS) is 12.0. The van der Waals surface area contributed by atoms with E-state index in [9.17, 15) is 9.59 Å². The highest BCUT2D eigenvalue weighted by Crippen LogP contribution is 2.13. The van der Waals surface area contributed by atoms with Crippen LogP contribution < -0.4 is 5.32 Å². The Hall–Kier alpha value is -1.84. The molecule has 0 radical (unpaired) electrons. The summed E-state index contributed by atoms with van der Waals surface area (Å²) in [5, 5.41) is 2.95. The van der Waals surface area contributed by atoms with Gasteiger partial charge in [0.2, 0.25) is 11.8 Å². The van der Waals surface area contributed by atoms with E-state index in [1.165, 1.54) is 0 Å². The average Bonchev–Trinajstić information content (AvgIpc) is 2.52. The Bertz CT molecular complexity index is 471. The molecule has 0 saturated heterocycles. The van der Waals surface area contributed by atoms with E-state index in [0.717, 1.165) is 5.56 Å². The Balaban J connectivity index is 2.87. The first-order valence-corrected chi connectivity index (χ1v) is 8.10. The van der Waals surface area contributed by atoms with Gasteiger partial charge >= 0.3 is 0 Å². The number of rotatable bonds is 8. The molecule has 1 aromatic carbocycles. The van der Waals surface area contributed by atoms with Crippen LogP contribution in [0.2, 0.25) is 0 Å². The van der Waals surface area contributed by atoms with Gasteiger partial charge in [0.05, 0.1) is 0 Å². The smallest absolute Gasteiger partial charge is 0.242 e. The average molecular weight is 304 g/mol. The summed E-state index contributed by atoms with van der Waals surface area (Å²) in [6.45, 7) is 9.00. The number of hydrogen-bond acceptors (Lipinski definition) is 2. The van der Waals surface area contributed by atoms with Gasteiger partial charge in [-0.2, -0.15) is 0 Å². The molecule has 2 amide bonds. The number of carbonyl (C=O) groups excluding carboxylic acids is 2. The first kappa shape index (κ1) is 18.2. The third kappa shape index (κ3) is 5.51. The second kappa shape index (κ2) is 9.23. The van der Waals surface area contributed by atoms with E-state index in [1.54, 1.807) is 4.90 Å². The lowest BCUT2D eigenvalue weighted by Gasteiger charge is -2.30. The third-order valence-electron chi connectivity index (χ3n) is 3.57. The fourth-order valence-corrected chi connectivity index (χ4v) is 2.33. The summed E-state index contributed by atoms with van der Waals surface area (Å²) < 4.78 is 0. The fraction of sp³-hybridized carbons (Fsp3) is 0.556. The van der Waals surface area contributed by atoms with Gasteiger partial charge in [-0.3, -0.25) is 9.59 Å². The summed E-state index contributed by atoms with van der Waals surface area (Å²) >= 11 is 0. The Morgan fingerprint density at radius 1 is 1.14 bits per heavy atom. The molecule has 1 atom stereocenters. The predicted octanol–water partition coefficient (Wildman–Crippen LogP) is 2.98. The summed E-state index contributed by atoms with van der Waals surface area (Å²) in [5.41, 5.74) is 1.04. The fourth-order valence-electron chi connectivity index (χ4n) is 2.33. The highest BCUT2D eigenvalue weighted by molar-refractivity contribution is 5.87. The van der Waals surface area contributed by atoms with Gasteiger partial charge in [-0.05, 0) is 17.9 Å². The summed E-state index contributed by atoms with van der Waals surface area (Å²) in [6, 6.07) is 9.39. The highest BCUT2D eigenvalue weighted by Gasteiger charge is 2.27. The minimum atomic E-state index is -0.411. The van der Waals surface area contributed by atoms with Crippen molar-refractivity contribution in [1.82, 2.24) is 10.2 Å². The van der Waals surface area contributed by atoms with Crippen LogP contribution in [0.4, 0.5) is 0 Å². The zero-order chi connectivity index (χ0) is 16.5. The van der Waals surface area contributed by atoms with Crippen molar-refractivity contribution in [1.29, 1.82) is 0 Å². The van der Waals surface area contributed by atoms with Crippen LogP contribution in [0.3, 0.4) is 0 Å². The van der Waals surface area contributed by atoms with Crippen LogP contribution in [0.15, 0.2) is 30.3 Å². The topological polar surface area (TPSA) is 49.4 Å². The van der Waals surface area contributed by atoms with Crippen molar-refractivity contribution < 1.29 is 9.59 Å². The Morgan fingerprint density at radius 3 is 2.27 bits per heavy atom. The van der Waals surface area contributed by atoms with Crippen molar-refractivity contribution in [3.05, 3.63) is 35.9 Å². The second-order valence-corrected chi connectivity index (χ2v) is 5.92. The van der Waals surface area contributed by atoms with Crippen molar-refractivity contribution in [2.75, 3.05) is 6.54 Å². The predicted molar refractivity (Wildman–Crippen MR) is 89.2 cm³/mol. The molecule has 22 heavy (non-hydrogen) atoms. The number of carbonyl (C=O) groups is 2. The Kier molecular flexibility index (Phi) is 7.64. The first-order valence-electron chi connectivity index (χ1n) is 8.10. The van der Waals surface area contributed by atoms with Crippen LogP contribution >= 0.6 is 0 Å². The van der Waals surface area contributed by atoms with Gasteiger partial charge in [0.15, 0.2) is 0 Å². The van der Waals surface area contributed by atoms with Gasteiger partial charge < -0.3 is 10.2 Å². The molecule has 0 aliphatic heterocycles. The molecule has 0 fully saturated rings. The summed E-state index contributed by atoms with van der Waals surface area (Å²) in [7, 11) is 0. The van der Waals surface area contributed by atoms with Crippen LogP contribution in [0.5, 0.6) is 0 Å². The Morgan fingerprint density at radius 2 is 1.77 bits per heavy atom. The minimum absolute atomic E-state index is 0.00963. The molecular weight excluding hydrogens is 276 g/mol. The van der Waals surface area contributed by atoms with Crippen molar-refractivity contribution in [2.45, 2.75) is 53.1 Å². The van der Waals surface area contributed by atoms with Gasteiger partial charge in [-0.1, -0.05) is 58.0 Å². The quantitative estimate of drug-likeness (QED) is 0.802. The lowest BCUT2D eigenvalue weighted by Crippen LogP contribution is -2.49. The van der Waals surface area contributed by atoms with E-state index in [-0.39, 0.29) is 11.8 Å². The molecule has 4 heteroatoms. The zero-order valence-corrected chi connectivity index (χ0v) is 14.1. The van der Waals surface area contributed by atoms with E-state index in [1.807, 2.05) is 44.2 Å². The van der Waals surface area contributed by atoms with Crippen LogP contribution in [-0.2, 0) is 16.1 Å². The SMILES string of the molecule is CCC(=O)N(Cc1ccccc1)[C@@H](CC)C(=O)NCC(C)C. The maximum absolute atomic E-state index is 12.4. The molecule has 0 aromatic heterocycles. The number of benzene rings is 1. The number of amides is 2. The van der Waals surface area contributed by atoms with Crippen LogP contribution in [0.1, 0.15) is 46.1 Å². The van der Waals surface area contributed by atoms with E-state index in [2.05, 4.69) is 19.2 Å². The third-order valence-corrected chi connectivity index (χ3v) is 3.57. The highest BCUT2D eigenvalue weighted by atomic mass is 16.2. The molecule has 0 saturated carbocycles. The van der Waals surface area contributed by atoms with E-state index >= 15 is 0 Å². The van der Waals surface area contributed by atoms with E-state index < -0.39 is 6.04 Å². The molecule has 1 N–H and O–H groups in total. The summed E-state index contributed by atoms with van der Waals surface area (Å²) in [6.07, 6.45) is 1.02. The second-order valence-electron chi connectivity index (χ2n) is 5.92. The van der Waals surface area contributed by atoms with Gasteiger partial charge in [0.1, 0.15) is 6.04 Å². The first-order chi connectivity index (χ1) is 10.5. The molecule has 0 aliphatic carbocycles.